The molecule has 2 heteroatoms. The molecular formula is C24H38O2. The highest BCUT2D eigenvalue weighted by atomic mass is 16.1. The maximum absolute atomic E-state index is 12.1. The number of hydrogen-bond donors (Lipinski definition) is 0. The first-order valence-corrected chi connectivity index (χ1v) is 10.8. The molecule has 1 unspecified atom stereocenters. The lowest BCUT2D eigenvalue weighted by molar-refractivity contribution is -0.122. The average Bonchev–Trinajstić information content (AvgIpc) is 2.66. The molecule has 146 valence electrons. The average molecular weight is 359 g/mol. The summed E-state index contributed by atoms with van der Waals surface area (Å²) in [6, 6.07) is 9.96. The van der Waals surface area contributed by atoms with E-state index >= 15 is 0 Å². The van der Waals surface area contributed by atoms with Crippen LogP contribution in [-0.4, -0.2) is 12.1 Å². The molecule has 1 aromatic rings. The number of aldehydes is 1. The number of carbonyl (C=O) groups is 2. The van der Waals surface area contributed by atoms with E-state index in [-0.39, 0.29) is 11.7 Å². The number of carbonyl (C=O) groups excluding carboxylic acids is 2. The fraction of sp³-hybridized carbons (Fsp3) is 0.667. The first-order valence-electron chi connectivity index (χ1n) is 10.8. The highest BCUT2D eigenvalue weighted by Gasteiger charge is 2.13. The molecule has 0 aliphatic carbocycles. The minimum Gasteiger partial charge on any atom is -0.303 e. The number of unbranched alkanes of at least 4 members (excludes halogenated alkanes) is 10. The summed E-state index contributed by atoms with van der Waals surface area (Å²) in [6.45, 7) is 2.26. The van der Waals surface area contributed by atoms with Gasteiger partial charge in [-0.1, -0.05) is 101 Å². The number of ketones is 1. The molecule has 0 saturated heterocycles. The van der Waals surface area contributed by atoms with Crippen molar-refractivity contribution in [3.63, 3.8) is 0 Å². The summed E-state index contributed by atoms with van der Waals surface area (Å²) in [4.78, 5) is 23.4. The molecule has 1 rings (SSSR count). The predicted octanol–water partition coefficient (Wildman–Crippen LogP) is 6.70. The van der Waals surface area contributed by atoms with Gasteiger partial charge in [-0.05, 0) is 18.4 Å². The minimum atomic E-state index is -0.169. The van der Waals surface area contributed by atoms with Crippen LogP contribution in [0.2, 0.25) is 0 Å². The van der Waals surface area contributed by atoms with Gasteiger partial charge in [0.15, 0.2) is 0 Å². The van der Waals surface area contributed by atoms with Crippen molar-refractivity contribution in [1.82, 2.24) is 0 Å². The Morgan fingerprint density at radius 2 is 1.38 bits per heavy atom. The third kappa shape index (κ3) is 12.0. The molecule has 0 aliphatic heterocycles. The number of rotatable bonds is 17. The zero-order chi connectivity index (χ0) is 18.9. The molecule has 0 amide bonds. The topological polar surface area (TPSA) is 34.1 Å². The first-order chi connectivity index (χ1) is 12.8. The third-order valence-electron chi connectivity index (χ3n) is 5.08. The van der Waals surface area contributed by atoms with Crippen molar-refractivity contribution in [2.45, 2.75) is 96.8 Å². The summed E-state index contributed by atoms with van der Waals surface area (Å²) >= 11 is 0. The number of Topliss-reactive ketones (excluding diaryl/α,β-unsaturated/α-hetero) is 1. The highest BCUT2D eigenvalue weighted by molar-refractivity contribution is 5.81. The molecule has 0 saturated carbocycles. The van der Waals surface area contributed by atoms with E-state index in [1.165, 1.54) is 57.8 Å². The molecule has 2 nitrogen and oxygen atoms in total. The predicted molar refractivity (Wildman–Crippen MR) is 110 cm³/mol. The second-order valence-electron chi connectivity index (χ2n) is 7.61. The first kappa shape index (κ1) is 22.6. The molecule has 0 heterocycles. The van der Waals surface area contributed by atoms with E-state index in [4.69, 9.17) is 0 Å². The van der Waals surface area contributed by atoms with E-state index in [0.717, 1.165) is 24.7 Å². The molecule has 0 spiro atoms. The summed E-state index contributed by atoms with van der Waals surface area (Å²) < 4.78 is 0. The van der Waals surface area contributed by atoms with Crippen LogP contribution in [-0.2, 0) is 16.0 Å². The summed E-state index contributed by atoms with van der Waals surface area (Å²) in [5, 5.41) is 0. The van der Waals surface area contributed by atoms with Crippen LogP contribution in [0.25, 0.3) is 0 Å². The third-order valence-corrected chi connectivity index (χ3v) is 5.08. The van der Waals surface area contributed by atoms with E-state index in [0.29, 0.717) is 19.3 Å². The van der Waals surface area contributed by atoms with Crippen molar-refractivity contribution >= 4 is 12.1 Å². The Balaban J connectivity index is 1.99. The van der Waals surface area contributed by atoms with Gasteiger partial charge in [0.05, 0.1) is 0 Å². The van der Waals surface area contributed by atoms with Crippen molar-refractivity contribution in [3.05, 3.63) is 35.9 Å². The van der Waals surface area contributed by atoms with Crippen LogP contribution in [0.4, 0.5) is 0 Å². The lowest BCUT2D eigenvalue weighted by atomic mass is 9.94. The van der Waals surface area contributed by atoms with Gasteiger partial charge in [-0.3, -0.25) is 4.79 Å². The zero-order valence-corrected chi connectivity index (χ0v) is 16.8. The molecule has 1 aromatic carbocycles. The highest BCUT2D eigenvalue weighted by Crippen LogP contribution is 2.15. The Hall–Kier alpha value is -1.44. The van der Waals surface area contributed by atoms with Crippen LogP contribution in [0.15, 0.2) is 30.3 Å². The lowest BCUT2D eigenvalue weighted by Gasteiger charge is -2.09. The minimum absolute atomic E-state index is 0.169. The van der Waals surface area contributed by atoms with E-state index in [1.54, 1.807) is 0 Å². The van der Waals surface area contributed by atoms with Crippen LogP contribution in [0.1, 0.15) is 96.0 Å². The summed E-state index contributed by atoms with van der Waals surface area (Å²) in [5.74, 6) is 0.0755. The van der Waals surface area contributed by atoms with Crippen LogP contribution < -0.4 is 0 Å². The lowest BCUT2D eigenvalue weighted by Crippen LogP contribution is -2.12. The second-order valence-corrected chi connectivity index (χ2v) is 7.61. The molecular weight excluding hydrogens is 320 g/mol. The Bertz CT molecular complexity index is 466. The second kappa shape index (κ2) is 15.8. The van der Waals surface area contributed by atoms with Crippen molar-refractivity contribution in [2.75, 3.05) is 0 Å². The van der Waals surface area contributed by atoms with Gasteiger partial charge >= 0.3 is 0 Å². The van der Waals surface area contributed by atoms with Gasteiger partial charge in [-0.15, -0.1) is 0 Å². The Morgan fingerprint density at radius 3 is 1.92 bits per heavy atom. The monoisotopic (exact) mass is 358 g/mol. The molecule has 0 radical (unpaired) electrons. The maximum Gasteiger partial charge on any atom is 0.133 e. The molecule has 0 bridgehead atoms. The van der Waals surface area contributed by atoms with Gasteiger partial charge in [0.1, 0.15) is 12.1 Å². The van der Waals surface area contributed by atoms with Crippen molar-refractivity contribution in [2.24, 2.45) is 5.92 Å². The molecule has 0 N–H and O–H groups in total. The summed E-state index contributed by atoms with van der Waals surface area (Å²) in [6.07, 6.45) is 16.9. The number of benzene rings is 1. The quantitative estimate of drug-likeness (QED) is 0.229. The van der Waals surface area contributed by atoms with Gasteiger partial charge < -0.3 is 4.79 Å². The summed E-state index contributed by atoms with van der Waals surface area (Å²) in [5.41, 5.74) is 1.13. The van der Waals surface area contributed by atoms with E-state index in [2.05, 4.69) is 6.92 Å². The van der Waals surface area contributed by atoms with Crippen LogP contribution >= 0.6 is 0 Å². The van der Waals surface area contributed by atoms with Crippen LogP contribution in [0.3, 0.4) is 0 Å². The summed E-state index contributed by atoms with van der Waals surface area (Å²) in [7, 11) is 0. The largest absolute Gasteiger partial charge is 0.303 e. The fourth-order valence-electron chi connectivity index (χ4n) is 3.47. The van der Waals surface area contributed by atoms with E-state index in [1.807, 2.05) is 30.3 Å². The molecule has 1 atom stereocenters. The van der Waals surface area contributed by atoms with Gasteiger partial charge in [-0.25, -0.2) is 0 Å². The fourth-order valence-corrected chi connectivity index (χ4v) is 3.47. The Kier molecular flexibility index (Phi) is 13.7. The van der Waals surface area contributed by atoms with Crippen LogP contribution in [0.5, 0.6) is 0 Å². The van der Waals surface area contributed by atoms with Gasteiger partial charge in [0.25, 0.3) is 0 Å². The molecule has 0 aromatic heterocycles. The van der Waals surface area contributed by atoms with Crippen LogP contribution in [0, 0.1) is 5.92 Å². The Morgan fingerprint density at radius 1 is 0.846 bits per heavy atom. The molecule has 0 aliphatic rings. The van der Waals surface area contributed by atoms with Gasteiger partial charge in [0, 0.05) is 18.8 Å². The maximum atomic E-state index is 12.1. The molecule has 0 fully saturated rings. The van der Waals surface area contributed by atoms with E-state index < -0.39 is 0 Å². The standard InChI is InChI=1S/C24H38O2/c1-2-3-4-5-6-7-8-9-10-11-15-18-24(26)20-23(21-25)19-22-16-13-12-14-17-22/h12-14,16-17,21,23H,2-11,15,18-20H2,1H3. The molecule has 26 heavy (non-hydrogen) atoms. The number of hydrogen-bond acceptors (Lipinski definition) is 2. The van der Waals surface area contributed by atoms with E-state index in [9.17, 15) is 9.59 Å². The zero-order valence-electron chi connectivity index (χ0n) is 16.8. The Labute approximate surface area is 160 Å². The van der Waals surface area contributed by atoms with Crippen molar-refractivity contribution < 1.29 is 9.59 Å². The van der Waals surface area contributed by atoms with Crippen molar-refractivity contribution in [3.8, 4) is 0 Å². The normalized spacial score (nSPS) is 12.0. The van der Waals surface area contributed by atoms with Gasteiger partial charge in [-0.2, -0.15) is 0 Å². The van der Waals surface area contributed by atoms with Crippen molar-refractivity contribution in [1.29, 1.82) is 0 Å². The van der Waals surface area contributed by atoms with Gasteiger partial charge in [0.2, 0.25) is 0 Å². The SMILES string of the molecule is CCCCCCCCCCCCCC(=O)CC(C=O)Cc1ccccc1. The smallest absolute Gasteiger partial charge is 0.133 e.